The van der Waals surface area contributed by atoms with Crippen molar-refractivity contribution in [2.24, 2.45) is 7.05 Å². The van der Waals surface area contributed by atoms with Gasteiger partial charge in [-0.25, -0.2) is 0 Å². The molecule has 19 heavy (non-hydrogen) atoms. The Morgan fingerprint density at radius 1 is 1.37 bits per heavy atom. The standard InChI is InChI=1S/C15H23ClN2O/c1-3-4-5-6-7-8-9-10-11-14(19)13-12-17-18(2)15(13)16/h6-7,9-10,12,14,19H,3-5,8,11H2,1-2H3/b7-6+,10-9+. The first-order valence-corrected chi connectivity index (χ1v) is 7.20. The van der Waals surface area contributed by atoms with Gasteiger partial charge < -0.3 is 5.11 Å². The summed E-state index contributed by atoms with van der Waals surface area (Å²) in [6.45, 7) is 2.19. The van der Waals surface area contributed by atoms with E-state index in [4.69, 9.17) is 11.6 Å². The van der Waals surface area contributed by atoms with Gasteiger partial charge in [0.1, 0.15) is 5.15 Å². The van der Waals surface area contributed by atoms with Crippen LogP contribution in [-0.4, -0.2) is 14.9 Å². The fraction of sp³-hybridized carbons (Fsp3) is 0.533. The summed E-state index contributed by atoms with van der Waals surface area (Å²) in [7, 11) is 1.76. The van der Waals surface area contributed by atoms with E-state index in [0.717, 1.165) is 12.8 Å². The third-order valence-electron chi connectivity index (χ3n) is 2.94. The van der Waals surface area contributed by atoms with Gasteiger partial charge >= 0.3 is 0 Å². The molecule has 106 valence electrons. The van der Waals surface area contributed by atoms with Crippen molar-refractivity contribution >= 4 is 11.6 Å². The fourth-order valence-corrected chi connectivity index (χ4v) is 1.94. The van der Waals surface area contributed by atoms with Crippen LogP contribution in [0, 0.1) is 0 Å². The average molecular weight is 283 g/mol. The number of allylic oxidation sites excluding steroid dienone is 3. The summed E-state index contributed by atoms with van der Waals surface area (Å²) < 4.78 is 1.56. The van der Waals surface area contributed by atoms with Crippen LogP contribution in [0.25, 0.3) is 0 Å². The molecule has 1 unspecified atom stereocenters. The van der Waals surface area contributed by atoms with Gasteiger partial charge in [-0.1, -0.05) is 55.7 Å². The van der Waals surface area contributed by atoms with Gasteiger partial charge in [-0.3, -0.25) is 4.68 Å². The van der Waals surface area contributed by atoms with E-state index in [0.29, 0.717) is 17.1 Å². The number of rotatable bonds is 8. The third kappa shape index (κ3) is 5.62. The Morgan fingerprint density at radius 3 is 2.74 bits per heavy atom. The Balaban J connectivity index is 2.28. The molecule has 0 aliphatic heterocycles. The molecule has 0 bridgehead atoms. The predicted octanol–water partition coefficient (Wildman–Crippen LogP) is 4.19. The minimum absolute atomic E-state index is 0.500. The zero-order chi connectivity index (χ0) is 14.1. The molecule has 0 radical (unpaired) electrons. The van der Waals surface area contributed by atoms with Crippen LogP contribution >= 0.6 is 11.6 Å². The molecular formula is C15H23ClN2O. The van der Waals surface area contributed by atoms with Crippen molar-refractivity contribution < 1.29 is 5.11 Å². The number of aliphatic hydroxyl groups is 1. The summed E-state index contributed by atoms with van der Waals surface area (Å²) in [5, 5.41) is 14.5. The maximum Gasteiger partial charge on any atom is 0.132 e. The van der Waals surface area contributed by atoms with Crippen LogP contribution in [0.2, 0.25) is 5.15 Å². The van der Waals surface area contributed by atoms with Crippen molar-refractivity contribution in [2.45, 2.75) is 45.1 Å². The molecule has 0 fully saturated rings. The zero-order valence-corrected chi connectivity index (χ0v) is 12.5. The first-order chi connectivity index (χ1) is 9.16. The van der Waals surface area contributed by atoms with Crippen LogP contribution in [-0.2, 0) is 7.05 Å². The van der Waals surface area contributed by atoms with Crippen molar-refractivity contribution in [3.63, 3.8) is 0 Å². The number of hydrogen-bond donors (Lipinski definition) is 1. The highest BCUT2D eigenvalue weighted by molar-refractivity contribution is 6.30. The smallest absolute Gasteiger partial charge is 0.132 e. The molecule has 4 heteroatoms. The third-order valence-corrected chi connectivity index (χ3v) is 3.40. The fourth-order valence-electron chi connectivity index (χ4n) is 1.73. The Hall–Kier alpha value is -1.06. The molecule has 1 aromatic rings. The van der Waals surface area contributed by atoms with E-state index in [9.17, 15) is 5.11 Å². The summed E-state index contributed by atoms with van der Waals surface area (Å²) in [6.07, 6.45) is 14.6. The second kappa shape index (κ2) is 8.94. The lowest BCUT2D eigenvalue weighted by molar-refractivity contribution is 0.181. The van der Waals surface area contributed by atoms with Gasteiger partial charge in [-0.2, -0.15) is 5.10 Å². The van der Waals surface area contributed by atoms with Gasteiger partial charge in [0.05, 0.1) is 12.3 Å². The molecule has 0 aliphatic rings. The summed E-state index contributed by atoms with van der Waals surface area (Å²) in [5.41, 5.74) is 0.687. The molecule has 0 saturated heterocycles. The van der Waals surface area contributed by atoms with E-state index < -0.39 is 6.10 Å². The zero-order valence-electron chi connectivity index (χ0n) is 11.7. The van der Waals surface area contributed by atoms with Gasteiger partial charge in [0.2, 0.25) is 0 Å². The topological polar surface area (TPSA) is 38.1 Å². The first-order valence-electron chi connectivity index (χ1n) is 6.82. The van der Waals surface area contributed by atoms with Crippen LogP contribution < -0.4 is 0 Å². The maximum atomic E-state index is 9.98. The molecule has 3 nitrogen and oxygen atoms in total. The summed E-state index contributed by atoms with van der Waals surface area (Å²) in [5.74, 6) is 0. The summed E-state index contributed by atoms with van der Waals surface area (Å²) in [4.78, 5) is 0. The second-order valence-electron chi connectivity index (χ2n) is 4.59. The van der Waals surface area contributed by atoms with Gasteiger partial charge in [-0.15, -0.1) is 0 Å². The lowest BCUT2D eigenvalue weighted by atomic mass is 10.1. The number of nitrogens with zero attached hydrogens (tertiary/aromatic N) is 2. The molecule has 1 atom stereocenters. The average Bonchev–Trinajstić information content (AvgIpc) is 2.73. The van der Waals surface area contributed by atoms with Gasteiger partial charge in [0.25, 0.3) is 0 Å². The molecule has 0 aliphatic carbocycles. The Labute approximate surface area is 120 Å². The molecular weight excluding hydrogens is 260 g/mol. The van der Waals surface area contributed by atoms with E-state index in [1.165, 1.54) is 12.8 Å². The monoisotopic (exact) mass is 282 g/mol. The molecule has 1 aromatic heterocycles. The SMILES string of the molecule is CCCC/C=C/C/C=C/CC(O)c1cnn(C)c1Cl. The number of unbranched alkanes of at least 4 members (excludes halogenated alkanes) is 2. The van der Waals surface area contributed by atoms with E-state index >= 15 is 0 Å². The lowest BCUT2D eigenvalue weighted by Crippen LogP contribution is -1.96. The molecule has 1 N–H and O–H groups in total. The summed E-state index contributed by atoms with van der Waals surface area (Å²) >= 11 is 6.02. The quantitative estimate of drug-likeness (QED) is 0.573. The van der Waals surface area contributed by atoms with Crippen LogP contribution in [0.4, 0.5) is 0 Å². The van der Waals surface area contributed by atoms with E-state index in [2.05, 4.69) is 30.3 Å². The van der Waals surface area contributed by atoms with Crippen LogP contribution in [0.5, 0.6) is 0 Å². The van der Waals surface area contributed by atoms with Gasteiger partial charge in [-0.05, 0) is 19.3 Å². The molecule has 0 aromatic carbocycles. The van der Waals surface area contributed by atoms with Crippen molar-refractivity contribution in [1.29, 1.82) is 0 Å². The van der Waals surface area contributed by atoms with Crippen LogP contribution in [0.1, 0.15) is 50.7 Å². The number of aliphatic hydroxyl groups excluding tert-OH is 1. The molecule has 1 heterocycles. The van der Waals surface area contributed by atoms with Crippen molar-refractivity contribution in [3.05, 3.63) is 41.2 Å². The van der Waals surface area contributed by atoms with Crippen molar-refractivity contribution in [2.75, 3.05) is 0 Å². The number of halogens is 1. The van der Waals surface area contributed by atoms with E-state index in [1.54, 1.807) is 17.9 Å². The first kappa shape index (κ1) is 16.0. The number of aryl methyl sites for hydroxylation is 1. The Kier molecular flexibility index (Phi) is 7.53. The van der Waals surface area contributed by atoms with Gasteiger partial charge in [0.15, 0.2) is 0 Å². The minimum atomic E-state index is -0.582. The lowest BCUT2D eigenvalue weighted by Gasteiger charge is -2.05. The van der Waals surface area contributed by atoms with E-state index in [1.807, 2.05) is 6.08 Å². The highest BCUT2D eigenvalue weighted by Crippen LogP contribution is 2.24. The molecule has 0 saturated carbocycles. The Morgan fingerprint density at radius 2 is 2.11 bits per heavy atom. The highest BCUT2D eigenvalue weighted by atomic mass is 35.5. The molecule has 1 rings (SSSR count). The maximum absolute atomic E-state index is 9.98. The normalized spacial score (nSPS) is 13.7. The number of hydrogen-bond acceptors (Lipinski definition) is 2. The van der Waals surface area contributed by atoms with Gasteiger partial charge in [0, 0.05) is 12.6 Å². The largest absolute Gasteiger partial charge is 0.388 e. The summed E-state index contributed by atoms with van der Waals surface area (Å²) in [6, 6.07) is 0. The minimum Gasteiger partial charge on any atom is -0.388 e. The molecule has 0 amide bonds. The Bertz CT molecular complexity index is 424. The highest BCUT2D eigenvalue weighted by Gasteiger charge is 2.13. The van der Waals surface area contributed by atoms with Crippen molar-refractivity contribution in [1.82, 2.24) is 9.78 Å². The molecule has 0 spiro atoms. The van der Waals surface area contributed by atoms with E-state index in [-0.39, 0.29) is 0 Å². The second-order valence-corrected chi connectivity index (χ2v) is 4.94. The van der Waals surface area contributed by atoms with Crippen molar-refractivity contribution in [3.8, 4) is 0 Å². The predicted molar refractivity (Wildman–Crippen MR) is 80.2 cm³/mol. The van der Waals surface area contributed by atoms with Crippen LogP contribution in [0.15, 0.2) is 30.5 Å². The number of aromatic nitrogens is 2. The van der Waals surface area contributed by atoms with Crippen LogP contribution in [0.3, 0.4) is 0 Å².